The van der Waals surface area contributed by atoms with E-state index in [0.29, 0.717) is 17.7 Å². The fourth-order valence-corrected chi connectivity index (χ4v) is 2.18. The van der Waals surface area contributed by atoms with Gasteiger partial charge in [-0.05, 0) is 55.3 Å². The summed E-state index contributed by atoms with van der Waals surface area (Å²) < 4.78 is 5.71. The molecule has 0 aliphatic heterocycles. The fourth-order valence-electron chi connectivity index (χ4n) is 2.18. The van der Waals surface area contributed by atoms with Crippen LogP contribution < -0.4 is 15.4 Å². The third-order valence-corrected chi connectivity index (χ3v) is 3.88. The molecular weight excluding hydrogens is 316 g/mol. The second-order valence-corrected chi connectivity index (χ2v) is 5.86. The Balaban J connectivity index is 1.96. The molecular formula is C20H24N2O3. The van der Waals surface area contributed by atoms with E-state index in [2.05, 4.69) is 17.6 Å². The minimum atomic E-state index is -0.186. The zero-order valence-electron chi connectivity index (χ0n) is 14.8. The summed E-state index contributed by atoms with van der Waals surface area (Å²) in [5.41, 5.74) is 2.14. The Morgan fingerprint density at radius 1 is 1.04 bits per heavy atom. The van der Waals surface area contributed by atoms with E-state index in [4.69, 9.17) is 4.74 Å². The van der Waals surface area contributed by atoms with Gasteiger partial charge in [-0.25, -0.2) is 0 Å². The molecule has 2 aromatic carbocycles. The first-order valence-electron chi connectivity index (χ1n) is 8.39. The number of carbonyl (C=O) groups is 2. The summed E-state index contributed by atoms with van der Waals surface area (Å²) in [5, 5.41) is 5.43. The van der Waals surface area contributed by atoms with Crippen LogP contribution in [-0.4, -0.2) is 25.0 Å². The van der Waals surface area contributed by atoms with Crippen LogP contribution in [0.1, 0.15) is 36.2 Å². The molecule has 0 aromatic heterocycles. The highest BCUT2D eigenvalue weighted by Crippen LogP contribution is 2.17. The van der Waals surface area contributed by atoms with Crippen molar-refractivity contribution in [3.05, 3.63) is 59.7 Å². The topological polar surface area (TPSA) is 67.4 Å². The maximum absolute atomic E-state index is 12.3. The van der Waals surface area contributed by atoms with Gasteiger partial charge < -0.3 is 15.4 Å². The van der Waals surface area contributed by atoms with Crippen LogP contribution in [0.3, 0.4) is 0 Å². The number of hydrogen-bond donors (Lipinski definition) is 2. The summed E-state index contributed by atoms with van der Waals surface area (Å²) in [6.45, 7) is 4.07. The molecule has 2 rings (SSSR count). The molecule has 0 saturated heterocycles. The Morgan fingerprint density at radius 3 is 2.24 bits per heavy atom. The van der Waals surface area contributed by atoms with Crippen LogP contribution in [0.4, 0.5) is 5.69 Å². The van der Waals surface area contributed by atoms with E-state index in [1.165, 1.54) is 0 Å². The van der Waals surface area contributed by atoms with Gasteiger partial charge in [0.1, 0.15) is 5.75 Å². The number of likely N-dealkylation sites (N-methyl/N-ethyl adjacent to an activating group) is 1. The van der Waals surface area contributed by atoms with Gasteiger partial charge in [0, 0.05) is 18.3 Å². The van der Waals surface area contributed by atoms with E-state index in [9.17, 15) is 9.59 Å². The van der Waals surface area contributed by atoms with Crippen LogP contribution >= 0.6 is 0 Å². The number of carbonyl (C=O) groups excluding carboxylic acids is 2. The van der Waals surface area contributed by atoms with Gasteiger partial charge in [-0.3, -0.25) is 9.59 Å². The van der Waals surface area contributed by atoms with Crippen molar-refractivity contribution >= 4 is 17.5 Å². The predicted molar refractivity (Wildman–Crippen MR) is 99.0 cm³/mol. The Kier molecular flexibility index (Phi) is 6.57. The predicted octanol–water partition coefficient (Wildman–Crippen LogP) is 3.40. The van der Waals surface area contributed by atoms with Crippen molar-refractivity contribution in [3.8, 4) is 5.75 Å². The SMILES string of the molecule is CCC(C)Oc1ccc(C(=O)Nc2ccc(CC(=O)NC)cc2)cc1. The number of rotatable bonds is 7. The highest BCUT2D eigenvalue weighted by molar-refractivity contribution is 6.04. The molecule has 132 valence electrons. The maximum Gasteiger partial charge on any atom is 0.255 e. The van der Waals surface area contributed by atoms with Crippen molar-refractivity contribution in [2.45, 2.75) is 32.8 Å². The largest absolute Gasteiger partial charge is 0.491 e. The number of hydrogen-bond acceptors (Lipinski definition) is 3. The van der Waals surface area contributed by atoms with Crippen molar-refractivity contribution < 1.29 is 14.3 Å². The van der Waals surface area contributed by atoms with E-state index in [-0.39, 0.29) is 17.9 Å². The molecule has 1 unspecified atom stereocenters. The first-order chi connectivity index (χ1) is 12.0. The lowest BCUT2D eigenvalue weighted by atomic mass is 10.1. The molecule has 0 aliphatic rings. The highest BCUT2D eigenvalue weighted by atomic mass is 16.5. The molecule has 0 fully saturated rings. The van der Waals surface area contributed by atoms with Gasteiger partial charge in [0.25, 0.3) is 5.91 Å². The average Bonchev–Trinajstić information content (AvgIpc) is 2.63. The van der Waals surface area contributed by atoms with Crippen molar-refractivity contribution in [1.82, 2.24) is 5.32 Å². The van der Waals surface area contributed by atoms with E-state index < -0.39 is 0 Å². The molecule has 0 bridgehead atoms. The van der Waals surface area contributed by atoms with Gasteiger partial charge in [0.05, 0.1) is 12.5 Å². The van der Waals surface area contributed by atoms with Crippen LogP contribution in [0.2, 0.25) is 0 Å². The Bertz CT molecular complexity index is 709. The Labute approximate surface area is 148 Å². The van der Waals surface area contributed by atoms with Gasteiger partial charge in [0.15, 0.2) is 0 Å². The third-order valence-electron chi connectivity index (χ3n) is 3.88. The van der Waals surface area contributed by atoms with Crippen LogP contribution in [0.5, 0.6) is 5.75 Å². The number of amides is 2. The Morgan fingerprint density at radius 2 is 1.68 bits per heavy atom. The van der Waals surface area contributed by atoms with Gasteiger partial charge in [0.2, 0.25) is 5.91 Å². The number of anilines is 1. The summed E-state index contributed by atoms with van der Waals surface area (Å²) in [6, 6.07) is 14.3. The van der Waals surface area contributed by atoms with Crippen LogP contribution in [0, 0.1) is 0 Å². The number of benzene rings is 2. The summed E-state index contributed by atoms with van der Waals surface area (Å²) in [7, 11) is 1.61. The lowest BCUT2D eigenvalue weighted by molar-refractivity contribution is -0.119. The summed E-state index contributed by atoms with van der Waals surface area (Å²) >= 11 is 0. The van der Waals surface area contributed by atoms with E-state index in [0.717, 1.165) is 17.7 Å². The molecule has 1 atom stereocenters. The minimum absolute atomic E-state index is 0.0449. The number of nitrogens with one attached hydrogen (secondary N) is 2. The molecule has 0 heterocycles. The molecule has 2 amide bonds. The monoisotopic (exact) mass is 340 g/mol. The van der Waals surface area contributed by atoms with Crippen LogP contribution in [-0.2, 0) is 11.2 Å². The average molecular weight is 340 g/mol. The van der Waals surface area contributed by atoms with Gasteiger partial charge in [-0.15, -0.1) is 0 Å². The standard InChI is InChI=1S/C20H24N2O3/c1-4-14(2)25-18-11-7-16(8-12-18)20(24)22-17-9-5-15(6-10-17)13-19(23)21-3/h5-12,14H,4,13H2,1-3H3,(H,21,23)(H,22,24). The highest BCUT2D eigenvalue weighted by Gasteiger charge is 2.08. The van der Waals surface area contributed by atoms with Gasteiger partial charge >= 0.3 is 0 Å². The first-order valence-corrected chi connectivity index (χ1v) is 8.39. The minimum Gasteiger partial charge on any atom is -0.491 e. The third kappa shape index (κ3) is 5.64. The van der Waals surface area contributed by atoms with Gasteiger partial charge in [-0.1, -0.05) is 19.1 Å². The molecule has 5 nitrogen and oxygen atoms in total. The first kappa shape index (κ1) is 18.5. The second-order valence-electron chi connectivity index (χ2n) is 5.86. The zero-order valence-corrected chi connectivity index (χ0v) is 14.8. The molecule has 5 heteroatoms. The number of ether oxygens (including phenoxy) is 1. The normalized spacial score (nSPS) is 11.5. The van der Waals surface area contributed by atoms with Gasteiger partial charge in [-0.2, -0.15) is 0 Å². The quantitative estimate of drug-likeness (QED) is 0.812. The summed E-state index contributed by atoms with van der Waals surface area (Å²) in [5.74, 6) is 0.523. The smallest absolute Gasteiger partial charge is 0.255 e. The molecule has 2 N–H and O–H groups in total. The van der Waals surface area contributed by atoms with E-state index in [1.54, 1.807) is 43.4 Å². The summed E-state index contributed by atoms with van der Waals surface area (Å²) in [4.78, 5) is 23.6. The van der Waals surface area contributed by atoms with E-state index >= 15 is 0 Å². The van der Waals surface area contributed by atoms with Crippen molar-refractivity contribution in [2.75, 3.05) is 12.4 Å². The van der Waals surface area contributed by atoms with Crippen molar-refractivity contribution in [1.29, 1.82) is 0 Å². The maximum atomic E-state index is 12.3. The lowest BCUT2D eigenvalue weighted by Crippen LogP contribution is -2.19. The molecule has 25 heavy (non-hydrogen) atoms. The molecule has 0 radical (unpaired) electrons. The van der Waals surface area contributed by atoms with Crippen molar-refractivity contribution in [3.63, 3.8) is 0 Å². The molecule has 2 aromatic rings. The molecule has 0 saturated carbocycles. The summed E-state index contributed by atoms with van der Waals surface area (Å²) in [6.07, 6.45) is 1.40. The zero-order chi connectivity index (χ0) is 18.2. The Hall–Kier alpha value is -2.82. The lowest BCUT2D eigenvalue weighted by Gasteiger charge is -2.12. The van der Waals surface area contributed by atoms with Crippen molar-refractivity contribution in [2.24, 2.45) is 0 Å². The van der Waals surface area contributed by atoms with Crippen LogP contribution in [0.25, 0.3) is 0 Å². The molecule has 0 spiro atoms. The van der Waals surface area contributed by atoms with E-state index in [1.807, 2.05) is 19.1 Å². The van der Waals surface area contributed by atoms with Crippen LogP contribution in [0.15, 0.2) is 48.5 Å². The molecule has 0 aliphatic carbocycles. The second kappa shape index (κ2) is 8.87. The fraction of sp³-hybridized carbons (Fsp3) is 0.300.